The second-order valence-electron chi connectivity index (χ2n) is 3.64. The number of hydrogen-bond acceptors (Lipinski definition) is 3. The standard InChI is InChI=1S/C7H12N2O/c8-6(1-2-6)5(10)7(9)3-4-7/h1-4,8-9H2. The third-order valence-corrected chi connectivity index (χ3v) is 2.48. The lowest BCUT2D eigenvalue weighted by Crippen LogP contribution is -2.46. The molecule has 0 saturated heterocycles. The minimum Gasteiger partial charge on any atom is -0.319 e. The van der Waals surface area contributed by atoms with Crippen molar-refractivity contribution in [1.29, 1.82) is 0 Å². The Kier molecular flexibility index (Phi) is 0.904. The van der Waals surface area contributed by atoms with E-state index in [9.17, 15) is 4.79 Å². The molecule has 2 saturated carbocycles. The van der Waals surface area contributed by atoms with Crippen molar-refractivity contribution in [3.8, 4) is 0 Å². The van der Waals surface area contributed by atoms with E-state index < -0.39 is 11.1 Å². The molecule has 0 radical (unpaired) electrons. The van der Waals surface area contributed by atoms with Crippen LogP contribution >= 0.6 is 0 Å². The van der Waals surface area contributed by atoms with Gasteiger partial charge >= 0.3 is 0 Å². The fourth-order valence-corrected chi connectivity index (χ4v) is 1.22. The Morgan fingerprint density at radius 2 is 1.30 bits per heavy atom. The van der Waals surface area contributed by atoms with Crippen LogP contribution in [0.3, 0.4) is 0 Å². The topological polar surface area (TPSA) is 69.1 Å². The summed E-state index contributed by atoms with van der Waals surface area (Å²) >= 11 is 0. The van der Waals surface area contributed by atoms with Gasteiger partial charge in [-0.05, 0) is 25.7 Å². The van der Waals surface area contributed by atoms with Crippen LogP contribution in [0.15, 0.2) is 0 Å². The van der Waals surface area contributed by atoms with Gasteiger partial charge in [0.15, 0.2) is 5.78 Å². The minimum absolute atomic E-state index is 0.0972. The van der Waals surface area contributed by atoms with Gasteiger partial charge in [0.25, 0.3) is 0 Å². The first kappa shape index (κ1) is 6.31. The Bertz CT molecular complexity index is 172. The molecule has 0 bridgehead atoms. The molecule has 56 valence electrons. The molecule has 2 rings (SSSR count). The Morgan fingerprint density at radius 1 is 1.00 bits per heavy atom. The van der Waals surface area contributed by atoms with Crippen molar-refractivity contribution in [3.05, 3.63) is 0 Å². The molecule has 0 aliphatic heterocycles. The van der Waals surface area contributed by atoms with Crippen molar-refractivity contribution in [2.75, 3.05) is 0 Å². The molecule has 0 aromatic rings. The molecule has 0 heterocycles. The quantitative estimate of drug-likeness (QED) is 0.545. The monoisotopic (exact) mass is 140 g/mol. The van der Waals surface area contributed by atoms with Crippen LogP contribution in [-0.2, 0) is 4.79 Å². The first-order valence-electron chi connectivity index (χ1n) is 3.70. The molecule has 0 atom stereocenters. The van der Waals surface area contributed by atoms with Crippen LogP contribution in [0, 0.1) is 0 Å². The fraction of sp³-hybridized carbons (Fsp3) is 0.857. The summed E-state index contributed by atoms with van der Waals surface area (Å²) in [6, 6.07) is 0. The van der Waals surface area contributed by atoms with Gasteiger partial charge < -0.3 is 11.5 Å². The lowest BCUT2D eigenvalue weighted by molar-refractivity contribution is -0.123. The van der Waals surface area contributed by atoms with Gasteiger partial charge in [0.1, 0.15) is 0 Å². The number of ketones is 1. The van der Waals surface area contributed by atoms with Crippen molar-refractivity contribution in [2.24, 2.45) is 11.5 Å². The van der Waals surface area contributed by atoms with E-state index in [0.29, 0.717) is 0 Å². The van der Waals surface area contributed by atoms with Gasteiger partial charge in [-0.25, -0.2) is 0 Å². The second-order valence-corrected chi connectivity index (χ2v) is 3.64. The Labute approximate surface area is 59.8 Å². The lowest BCUT2D eigenvalue weighted by Gasteiger charge is -2.12. The predicted molar refractivity (Wildman–Crippen MR) is 37.3 cm³/mol. The summed E-state index contributed by atoms with van der Waals surface area (Å²) in [7, 11) is 0. The Hall–Kier alpha value is -0.410. The van der Waals surface area contributed by atoms with Gasteiger partial charge in [0.05, 0.1) is 11.1 Å². The molecular formula is C7H12N2O. The summed E-state index contributed by atoms with van der Waals surface area (Å²) in [5.74, 6) is 0.0972. The van der Waals surface area contributed by atoms with E-state index in [1.807, 2.05) is 0 Å². The number of rotatable bonds is 2. The molecule has 0 aromatic carbocycles. The Balaban J connectivity index is 2.12. The van der Waals surface area contributed by atoms with Gasteiger partial charge in [-0.1, -0.05) is 0 Å². The molecule has 3 heteroatoms. The highest BCUT2D eigenvalue weighted by Crippen LogP contribution is 2.44. The van der Waals surface area contributed by atoms with Crippen molar-refractivity contribution in [3.63, 3.8) is 0 Å². The van der Waals surface area contributed by atoms with Crippen LogP contribution in [0.25, 0.3) is 0 Å². The maximum absolute atomic E-state index is 11.4. The summed E-state index contributed by atoms with van der Waals surface area (Å²) in [6.45, 7) is 0. The van der Waals surface area contributed by atoms with Gasteiger partial charge in [-0.3, -0.25) is 4.79 Å². The Morgan fingerprint density at radius 3 is 1.50 bits per heavy atom. The molecule has 0 unspecified atom stereocenters. The molecule has 10 heavy (non-hydrogen) atoms. The molecule has 4 N–H and O–H groups in total. The molecule has 0 spiro atoms. The number of Topliss-reactive ketones (excluding diaryl/α,β-unsaturated/α-hetero) is 1. The normalized spacial score (nSPS) is 31.4. The van der Waals surface area contributed by atoms with Gasteiger partial charge in [0, 0.05) is 0 Å². The largest absolute Gasteiger partial charge is 0.319 e. The predicted octanol–water partition coefficient (Wildman–Crippen LogP) is -0.462. The van der Waals surface area contributed by atoms with Gasteiger partial charge in [0.2, 0.25) is 0 Å². The van der Waals surface area contributed by atoms with E-state index in [1.165, 1.54) is 0 Å². The summed E-state index contributed by atoms with van der Waals surface area (Å²) in [4.78, 5) is 11.4. The molecular weight excluding hydrogens is 128 g/mol. The summed E-state index contributed by atoms with van der Waals surface area (Å²) in [5.41, 5.74) is 10.4. The van der Waals surface area contributed by atoms with Crippen LogP contribution in [0.4, 0.5) is 0 Å². The minimum atomic E-state index is -0.509. The number of hydrogen-bond donors (Lipinski definition) is 2. The van der Waals surface area contributed by atoms with Crippen molar-refractivity contribution < 1.29 is 4.79 Å². The zero-order valence-corrected chi connectivity index (χ0v) is 5.89. The second kappa shape index (κ2) is 1.43. The third-order valence-electron chi connectivity index (χ3n) is 2.48. The van der Waals surface area contributed by atoms with E-state index in [2.05, 4.69) is 0 Å². The summed E-state index contributed by atoms with van der Waals surface area (Å²) in [5, 5.41) is 0. The van der Waals surface area contributed by atoms with E-state index in [0.717, 1.165) is 25.7 Å². The van der Waals surface area contributed by atoms with E-state index in [-0.39, 0.29) is 5.78 Å². The van der Waals surface area contributed by atoms with Crippen LogP contribution in [0.5, 0.6) is 0 Å². The maximum Gasteiger partial charge on any atom is 0.172 e. The average molecular weight is 140 g/mol. The van der Waals surface area contributed by atoms with Crippen LogP contribution in [0.1, 0.15) is 25.7 Å². The highest BCUT2D eigenvalue weighted by molar-refractivity contribution is 6.00. The van der Waals surface area contributed by atoms with Crippen LogP contribution in [-0.4, -0.2) is 16.9 Å². The SMILES string of the molecule is NC1(C(=O)C2(N)CC2)CC1. The smallest absolute Gasteiger partial charge is 0.172 e. The highest BCUT2D eigenvalue weighted by atomic mass is 16.1. The molecule has 2 fully saturated rings. The van der Waals surface area contributed by atoms with E-state index in [4.69, 9.17) is 11.5 Å². The molecule has 0 amide bonds. The van der Waals surface area contributed by atoms with Crippen LogP contribution < -0.4 is 11.5 Å². The summed E-state index contributed by atoms with van der Waals surface area (Å²) in [6.07, 6.45) is 3.35. The lowest BCUT2D eigenvalue weighted by atomic mass is 10.0. The maximum atomic E-state index is 11.4. The summed E-state index contributed by atoms with van der Waals surface area (Å²) < 4.78 is 0. The average Bonchev–Trinajstić information content (AvgIpc) is 2.73. The third kappa shape index (κ3) is 0.707. The van der Waals surface area contributed by atoms with Gasteiger partial charge in [-0.15, -0.1) is 0 Å². The first-order valence-corrected chi connectivity index (χ1v) is 3.70. The zero-order chi connectivity index (χ0) is 7.41. The van der Waals surface area contributed by atoms with E-state index >= 15 is 0 Å². The number of carbonyl (C=O) groups excluding carboxylic acids is 1. The first-order chi connectivity index (χ1) is 4.57. The zero-order valence-electron chi connectivity index (χ0n) is 5.89. The number of nitrogens with two attached hydrogens (primary N) is 2. The highest BCUT2D eigenvalue weighted by Gasteiger charge is 2.58. The molecule has 2 aliphatic rings. The molecule has 0 aromatic heterocycles. The van der Waals surface area contributed by atoms with Crippen LogP contribution in [0.2, 0.25) is 0 Å². The van der Waals surface area contributed by atoms with Crippen molar-refractivity contribution >= 4 is 5.78 Å². The van der Waals surface area contributed by atoms with E-state index in [1.54, 1.807) is 0 Å². The van der Waals surface area contributed by atoms with Crippen molar-refractivity contribution in [2.45, 2.75) is 36.8 Å². The number of carbonyl (C=O) groups is 1. The molecule has 2 aliphatic carbocycles. The van der Waals surface area contributed by atoms with Gasteiger partial charge in [-0.2, -0.15) is 0 Å². The van der Waals surface area contributed by atoms with Crippen molar-refractivity contribution in [1.82, 2.24) is 0 Å². The molecule has 3 nitrogen and oxygen atoms in total. The fourth-order valence-electron chi connectivity index (χ4n) is 1.22.